The highest BCUT2D eigenvalue weighted by Crippen LogP contribution is 2.40. The summed E-state index contributed by atoms with van der Waals surface area (Å²) in [6.07, 6.45) is -1.70. The van der Waals surface area contributed by atoms with Crippen molar-refractivity contribution in [2.45, 2.75) is 51.4 Å². The fraction of sp³-hybridized carbons (Fsp3) is 0.214. The molecule has 0 saturated carbocycles. The van der Waals surface area contributed by atoms with Gasteiger partial charge < -0.3 is 28.4 Å². The summed E-state index contributed by atoms with van der Waals surface area (Å²) >= 11 is 0. The van der Waals surface area contributed by atoms with Crippen LogP contribution < -0.4 is 19.3 Å². The van der Waals surface area contributed by atoms with Gasteiger partial charge in [-0.1, -0.05) is 60.7 Å². The highest BCUT2D eigenvalue weighted by Gasteiger charge is 2.37. The molecule has 0 saturated heterocycles. The van der Waals surface area contributed by atoms with Gasteiger partial charge in [0, 0.05) is 36.9 Å². The number of fused-ring (bicyclic) bond motifs is 2. The largest absolute Gasteiger partial charge is 0.479 e. The van der Waals surface area contributed by atoms with E-state index in [-0.39, 0.29) is 0 Å². The summed E-state index contributed by atoms with van der Waals surface area (Å²) in [5.41, 5.74) is 6.08. The highest BCUT2D eigenvalue weighted by atomic mass is 19.4. The van der Waals surface area contributed by atoms with E-state index in [1.807, 2.05) is 120 Å². The predicted molar refractivity (Wildman–Crippen MR) is 277 cm³/mol. The topological polar surface area (TPSA) is 148 Å². The van der Waals surface area contributed by atoms with Crippen LogP contribution in [0.2, 0.25) is 0 Å². The first-order valence-corrected chi connectivity index (χ1v) is 24.6. The van der Waals surface area contributed by atoms with Gasteiger partial charge in [-0.25, -0.2) is 39.3 Å². The molecule has 396 valence electrons. The molecular weight excluding hydrogens is 1010 g/mol. The van der Waals surface area contributed by atoms with Gasteiger partial charge in [0.25, 0.3) is 0 Å². The highest BCUT2D eigenvalue weighted by molar-refractivity contribution is 5.59. The fourth-order valence-electron chi connectivity index (χ4n) is 9.68. The van der Waals surface area contributed by atoms with Gasteiger partial charge in [0.05, 0.1) is 62.5 Å². The molecule has 0 bridgehead atoms. The minimum absolute atomic E-state index is 0.392. The number of para-hydroxylation sites is 2. The molecule has 16 nitrogen and oxygen atoms in total. The van der Waals surface area contributed by atoms with Gasteiger partial charge >= 0.3 is 12.4 Å². The van der Waals surface area contributed by atoms with E-state index in [2.05, 4.69) is 29.7 Å². The molecule has 2 aliphatic rings. The molecule has 12 rings (SSSR count). The molecule has 2 atom stereocenters. The van der Waals surface area contributed by atoms with Crippen molar-refractivity contribution in [1.29, 1.82) is 0 Å². The van der Waals surface area contributed by atoms with Gasteiger partial charge in [0.15, 0.2) is 23.3 Å². The third-order valence-electron chi connectivity index (χ3n) is 13.4. The van der Waals surface area contributed by atoms with Crippen LogP contribution in [0.5, 0.6) is 11.8 Å². The van der Waals surface area contributed by atoms with Crippen molar-refractivity contribution in [3.05, 3.63) is 204 Å². The molecule has 0 radical (unpaired) electrons. The minimum atomic E-state index is -4.41. The van der Waals surface area contributed by atoms with Crippen LogP contribution in [0.4, 0.5) is 37.7 Å². The standard InChI is InChI=1S/2C28H24F3N7O/c2*1-18-16-36(17-32-18)23-13-12-22(33-27(23)39-2)25-34-26-24(19-8-10-20(11-9-19)28(29,30)31)37(14-15-38(26)35-25)21-6-4-3-5-7-21/h2*3-13,16-17,24H,14-15H2,1-2H3/t2*24-/m10/s1. The SMILES string of the molecule is COc1nc(-c2nc3n(n2)CCN(c2ccccc2)[C@@H]3c2ccc(C(F)(F)F)cc2)ccc1-n1cnc(C)c1.COc1nc(-c2nc3n(n2)CCN(c2ccccc2)[C@H]3c2ccc(C(F)(F)F)cc2)ccc1-n1cnc(C)c1. The summed E-state index contributed by atoms with van der Waals surface area (Å²) in [7, 11) is 3.09. The average molecular weight is 1060 g/mol. The number of nitrogens with zero attached hydrogens (tertiary/aromatic N) is 14. The Morgan fingerprint density at radius 3 is 1.18 bits per heavy atom. The van der Waals surface area contributed by atoms with Gasteiger partial charge in [-0.2, -0.15) is 26.3 Å². The number of aromatic nitrogens is 12. The number of pyridine rings is 2. The van der Waals surface area contributed by atoms with Crippen molar-refractivity contribution in [2.24, 2.45) is 0 Å². The third kappa shape index (κ3) is 10.1. The second kappa shape index (κ2) is 20.7. The van der Waals surface area contributed by atoms with Crippen LogP contribution in [0.25, 0.3) is 34.4 Å². The second-order valence-corrected chi connectivity index (χ2v) is 18.4. The third-order valence-corrected chi connectivity index (χ3v) is 13.4. The maximum Gasteiger partial charge on any atom is 0.416 e. The van der Waals surface area contributed by atoms with E-state index in [1.54, 1.807) is 36.2 Å². The monoisotopic (exact) mass is 1060 g/mol. The quantitative estimate of drug-likeness (QED) is 0.120. The summed E-state index contributed by atoms with van der Waals surface area (Å²) < 4.78 is 98.0. The maximum absolute atomic E-state index is 13.3. The first kappa shape index (κ1) is 50.8. The van der Waals surface area contributed by atoms with E-state index in [0.717, 1.165) is 58.4 Å². The first-order valence-electron chi connectivity index (χ1n) is 24.6. The smallest absolute Gasteiger partial charge is 0.416 e. The predicted octanol–water partition coefficient (Wildman–Crippen LogP) is 10.9. The lowest BCUT2D eigenvalue weighted by Gasteiger charge is -2.37. The first-order chi connectivity index (χ1) is 37.6. The van der Waals surface area contributed by atoms with E-state index < -0.39 is 35.6 Å². The van der Waals surface area contributed by atoms with E-state index in [4.69, 9.17) is 29.6 Å². The number of halogens is 6. The van der Waals surface area contributed by atoms with Gasteiger partial charge in [0.1, 0.15) is 34.8 Å². The Kier molecular flexibility index (Phi) is 13.4. The summed E-state index contributed by atoms with van der Waals surface area (Å²) in [5.74, 6) is 2.84. The lowest BCUT2D eigenvalue weighted by Crippen LogP contribution is -2.39. The molecule has 4 aromatic carbocycles. The summed E-state index contributed by atoms with van der Waals surface area (Å²) in [5, 5.41) is 9.45. The number of hydrogen-bond acceptors (Lipinski definition) is 12. The zero-order chi connectivity index (χ0) is 54.3. The molecule has 0 fully saturated rings. The number of ether oxygens (including phenoxy) is 2. The van der Waals surface area contributed by atoms with Crippen molar-refractivity contribution in [3.8, 4) is 46.2 Å². The van der Waals surface area contributed by atoms with Crippen molar-refractivity contribution in [3.63, 3.8) is 0 Å². The molecule has 0 spiro atoms. The number of methoxy groups -OCH3 is 2. The molecule has 22 heteroatoms. The van der Waals surface area contributed by atoms with Gasteiger partial charge in [-0.15, -0.1) is 10.2 Å². The molecule has 10 aromatic rings. The van der Waals surface area contributed by atoms with Crippen LogP contribution in [0.1, 0.15) is 57.4 Å². The second-order valence-electron chi connectivity index (χ2n) is 18.4. The van der Waals surface area contributed by atoms with Crippen LogP contribution in [0.15, 0.2) is 159 Å². The Hall–Kier alpha value is -9.34. The number of anilines is 2. The average Bonchev–Trinajstić information content (AvgIpc) is 4.45. The minimum Gasteiger partial charge on any atom is -0.479 e. The summed E-state index contributed by atoms with van der Waals surface area (Å²) in [6.45, 7) is 6.10. The van der Waals surface area contributed by atoms with Crippen LogP contribution >= 0.6 is 0 Å². The Balaban J connectivity index is 0.000000165. The number of benzene rings is 4. The zero-order valence-corrected chi connectivity index (χ0v) is 42.3. The number of hydrogen-bond donors (Lipinski definition) is 0. The Morgan fingerprint density at radius 1 is 0.462 bits per heavy atom. The van der Waals surface area contributed by atoms with Crippen molar-refractivity contribution >= 4 is 11.4 Å². The molecule has 0 amide bonds. The lowest BCUT2D eigenvalue weighted by atomic mass is 10.00. The van der Waals surface area contributed by atoms with Crippen LogP contribution in [0.3, 0.4) is 0 Å². The van der Waals surface area contributed by atoms with Crippen LogP contribution in [-0.4, -0.2) is 85.9 Å². The van der Waals surface area contributed by atoms with Crippen LogP contribution in [-0.2, 0) is 25.4 Å². The molecule has 0 N–H and O–H groups in total. The molecule has 8 heterocycles. The van der Waals surface area contributed by atoms with Gasteiger partial charge in [0.2, 0.25) is 11.8 Å². The number of imidazole rings is 2. The molecule has 0 unspecified atom stereocenters. The summed E-state index contributed by atoms with van der Waals surface area (Å²) in [4.78, 5) is 31.8. The normalized spacial score (nSPS) is 15.3. The maximum atomic E-state index is 13.3. The molecule has 6 aromatic heterocycles. The van der Waals surface area contributed by atoms with E-state index in [1.165, 1.54) is 24.3 Å². The van der Waals surface area contributed by atoms with Gasteiger partial charge in [-0.05, 0) is 97.8 Å². The van der Waals surface area contributed by atoms with E-state index >= 15 is 0 Å². The van der Waals surface area contributed by atoms with Crippen molar-refractivity contribution in [2.75, 3.05) is 37.1 Å². The number of rotatable bonds is 10. The summed E-state index contributed by atoms with van der Waals surface area (Å²) in [6, 6.07) is 36.5. The Labute approximate surface area is 442 Å². The molecule has 78 heavy (non-hydrogen) atoms. The molecular formula is C56H48F6N14O2. The van der Waals surface area contributed by atoms with Crippen molar-refractivity contribution in [1.82, 2.24) is 58.6 Å². The zero-order valence-electron chi connectivity index (χ0n) is 42.3. The number of alkyl halides is 6. The van der Waals surface area contributed by atoms with Crippen molar-refractivity contribution < 1.29 is 35.8 Å². The van der Waals surface area contributed by atoms with Gasteiger partial charge in [-0.3, -0.25) is 0 Å². The van der Waals surface area contributed by atoms with E-state index in [9.17, 15) is 26.3 Å². The Morgan fingerprint density at radius 2 is 0.846 bits per heavy atom. The molecule has 0 aliphatic carbocycles. The van der Waals surface area contributed by atoms with Crippen LogP contribution in [0, 0.1) is 13.8 Å². The van der Waals surface area contributed by atoms with E-state index in [0.29, 0.717) is 83.8 Å². The lowest BCUT2D eigenvalue weighted by molar-refractivity contribution is -0.138. The fourth-order valence-corrected chi connectivity index (χ4v) is 9.68. The molecule has 2 aliphatic heterocycles. The Bertz CT molecular complexity index is 3460. The number of aryl methyl sites for hydroxylation is 2.